The number of carbonyl (C=O) groups excluding carboxylic acids is 1. The Morgan fingerprint density at radius 1 is 1.11 bits per heavy atom. The molecule has 0 aliphatic carbocycles. The van der Waals surface area contributed by atoms with Crippen LogP contribution >= 0.6 is 27.5 Å². The van der Waals surface area contributed by atoms with E-state index in [2.05, 4.69) is 26.2 Å². The number of amides is 1. The predicted molar refractivity (Wildman–Crippen MR) is 113 cm³/mol. The number of ether oxygens (including phenoxy) is 1. The van der Waals surface area contributed by atoms with Crippen LogP contribution in [0, 0.1) is 0 Å². The second-order valence-corrected chi connectivity index (χ2v) is 7.33. The van der Waals surface area contributed by atoms with E-state index in [1.165, 1.54) is 0 Å². The Balaban J connectivity index is 1.60. The van der Waals surface area contributed by atoms with Crippen molar-refractivity contribution in [1.82, 2.24) is 4.98 Å². The fraction of sp³-hybridized carbons (Fsp3) is 0.0476. The van der Waals surface area contributed by atoms with E-state index in [9.17, 15) is 4.79 Å². The fourth-order valence-electron chi connectivity index (χ4n) is 2.73. The van der Waals surface area contributed by atoms with Crippen LogP contribution in [0.3, 0.4) is 0 Å². The van der Waals surface area contributed by atoms with E-state index in [1.807, 2.05) is 18.2 Å². The second kappa shape index (κ2) is 7.66. The summed E-state index contributed by atoms with van der Waals surface area (Å²) in [5.41, 5.74) is 3.19. The maximum atomic E-state index is 12.4. The van der Waals surface area contributed by atoms with Crippen LogP contribution in [0.15, 0.2) is 69.6 Å². The number of methoxy groups -OCH3 is 1. The molecule has 0 atom stereocenters. The third-order valence-electron chi connectivity index (χ3n) is 4.15. The van der Waals surface area contributed by atoms with Gasteiger partial charge in [0.1, 0.15) is 11.3 Å². The summed E-state index contributed by atoms with van der Waals surface area (Å²) in [7, 11) is 1.56. The molecule has 4 aromatic rings. The number of rotatable bonds is 4. The number of nitrogens with zero attached hydrogens (tertiary/aromatic N) is 1. The van der Waals surface area contributed by atoms with Gasteiger partial charge in [-0.2, -0.15) is 0 Å². The van der Waals surface area contributed by atoms with Crippen LogP contribution in [0.2, 0.25) is 5.02 Å². The molecule has 0 spiro atoms. The molecule has 0 saturated carbocycles. The molecule has 0 fully saturated rings. The number of nitrogens with one attached hydrogen (secondary N) is 1. The van der Waals surface area contributed by atoms with Gasteiger partial charge in [0.2, 0.25) is 5.89 Å². The Kier molecular flexibility index (Phi) is 5.07. The van der Waals surface area contributed by atoms with E-state index >= 15 is 0 Å². The van der Waals surface area contributed by atoms with Gasteiger partial charge in [-0.05, 0) is 60.7 Å². The molecule has 0 unspecified atom stereocenters. The average molecular weight is 458 g/mol. The van der Waals surface area contributed by atoms with Gasteiger partial charge in [-0.25, -0.2) is 4.98 Å². The zero-order chi connectivity index (χ0) is 19.7. The first-order valence-corrected chi connectivity index (χ1v) is 9.52. The Hall–Kier alpha value is -2.83. The lowest BCUT2D eigenvalue weighted by molar-refractivity contribution is 0.102. The molecular weight excluding hydrogens is 444 g/mol. The van der Waals surface area contributed by atoms with Gasteiger partial charge in [0.05, 0.1) is 12.1 Å². The number of anilines is 1. The summed E-state index contributed by atoms with van der Waals surface area (Å²) >= 11 is 9.54. The highest BCUT2D eigenvalue weighted by Gasteiger charge is 2.12. The normalized spacial score (nSPS) is 10.8. The van der Waals surface area contributed by atoms with Crippen LogP contribution < -0.4 is 10.1 Å². The molecule has 0 saturated heterocycles. The van der Waals surface area contributed by atoms with E-state index in [1.54, 1.807) is 49.6 Å². The number of benzene rings is 3. The third kappa shape index (κ3) is 3.74. The lowest BCUT2D eigenvalue weighted by Gasteiger charge is -2.05. The maximum absolute atomic E-state index is 12.4. The molecule has 140 valence electrons. The molecule has 1 heterocycles. The van der Waals surface area contributed by atoms with Crippen molar-refractivity contribution in [3.05, 3.63) is 75.7 Å². The van der Waals surface area contributed by atoms with Crippen molar-refractivity contribution >= 4 is 50.2 Å². The first-order chi connectivity index (χ1) is 13.5. The number of carbonyl (C=O) groups is 1. The minimum Gasteiger partial charge on any atom is -0.495 e. The monoisotopic (exact) mass is 456 g/mol. The SMILES string of the molecule is COc1ccc(-c2nc3cc(NC(=O)c4ccc(Br)cc4)ccc3o2)cc1Cl. The number of fused-ring (bicyclic) bond motifs is 1. The standard InChI is InChI=1S/C21H14BrClN2O3/c1-27-18-8-4-13(10-16(18)23)21-25-17-11-15(7-9-19(17)28-21)24-20(26)12-2-5-14(22)6-3-12/h2-11H,1H3,(H,24,26). The van der Waals surface area contributed by atoms with E-state index in [4.69, 9.17) is 20.8 Å². The Labute approximate surface area is 174 Å². The number of hydrogen-bond donors (Lipinski definition) is 1. The summed E-state index contributed by atoms with van der Waals surface area (Å²) < 4.78 is 11.9. The molecule has 5 nitrogen and oxygen atoms in total. The molecule has 7 heteroatoms. The zero-order valence-corrected chi connectivity index (χ0v) is 17.0. The van der Waals surface area contributed by atoms with Gasteiger partial charge in [-0.15, -0.1) is 0 Å². The van der Waals surface area contributed by atoms with Crippen molar-refractivity contribution in [3.63, 3.8) is 0 Å². The lowest BCUT2D eigenvalue weighted by Crippen LogP contribution is -2.11. The second-order valence-electron chi connectivity index (χ2n) is 6.01. The summed E-state index contributed by atoms with van der Waals surface area (Å²) in [5.74, 6) is 0.827. The van der Waals surface area contributed by atoms with Gasteiger partial charge in [0, 0.05) is 21.3 Å². The number of oxazole rings is 1. The summed E-state index contributed by atoms with van der Waals surface area (Å²) in [6, 6.07) is 17.8. The summed E-state index contributed by atoms with van der Waals surface area (Å²) in [5, 5.41) is 3.35. The highest BCUT2D eigenvalue weighted by atomic mass is 79.9. The van der Waals surface area contributed by atoms with Crippen LogP contribution in [0.25, 0.3) is 22.6 Å². The minimum absolute atomic E-state index is 0.197. The van der Waals surface area contributed by atoms with Gasteiger partial charge in [-0.1, -0.05) is 27.5 Å². The molecule has 0 radical (unpaired) electrons. The number of aromatic nitrogens is 1. The van der Waals surface area contributed by atoms with Gasteiger partial charge in [-0.3, -0.25) is 4.79 Å². The van der Waals surface area contributed by atoms with Crippen molar-refractivity contribution in [2.75, 3.05) is 12.4 Å². The van der Waals surface area contributed by atoms with Crippen LogP contribution in [-0.4, -0.2) is 18.0 Å². The van der Waals surface area contributed by atoms with E-state index < -0.39 is 0 Å². The van der Waals surface area contributed by atoms with Gasteiger partial charge in [0.15, 0.2) is 5.58 Å². The first-order valence-electron chi connectivity index (χ1n) is 8.35. The molecule has 4 rings (SSSR count). The van der Waals surface area contributed by atoms with Crippen LogP contribution in [0.5, 0.6) is 5.75 Å². The minimum atomic E-state index is -0.197. The topological polar surface area (TPSA) is 64.4 Å². The molecule has 3 aromatic carbocycles. The van der Waals surface area contributed by atoms with E-state index in [-0.39, 0.29) is 5.91 Å². The van der Waals surface area contributed by atoms with E-state index in [0.29, 0.717) is 39.0 Å². The Bertz CT molecular complexity index is 1170. The Morgan fingerprint density at radius 2 is 1.89 bits per heavy atom. The smallest absolute Gasteiger partial charge is 0.255 e. The Morgan fingerprint density at radius 3 is 2.61 bits per heavy atom. The molecule has 28 heavy (non-hydrogen) atoms. The van der Waals surface area contributed by atoms with Crippen molar-refractivity contribution < 1.29 is 13.9 Å². The van der Waals surface area contributed by atoms with Crippen LogP contribution in [0.4, 0.5) is 5.69 Å². The fourth-order valence-corrected chi connectivity index (χ4v) is 3.25. The third-order valence-corrected chi connectivity index (χ3v) is 4.97. The summed E-state index contributed by atoms with van der Waals surface area (Å²) in [4.78, 5) is 16.9. The van der Waals surface area contributed by atoms with Crippen molar-refractivity contribution in [2.45, 2.75) is 0 Å². The molecule has 0 bridgehead atoms. The molecule has 1 N–H and O–H groups in total. The summed E-state index contributed by atoms with van der Waals surface area (Å²) in [6.07, 6.45) is 0. The number of hydrogen-bond acceptors (Lipinski definition) is 4. The largest absolute Gasteiger partial charge is 0.495 e. The quantitative estimate of drug-likeness (QED) is 0.398. The highest BCUT2D eigenvalue weighted by molar-refractivity contribution is 9.10. The number of halogens is 2. The molecule has 0 aliphatic rings. The van der Waals surface area contributed by atoms with Crippen LogP contribution in [0.1, 0.15) is 10.4 Å². The van der Waals surface area contributed by atoms with E-state index in [0.717, 1.165) is 10.0 Å². The first kappa shape index (κ1) is 18.5. The molecule has 0 aliphatic heterocycles. The molecular formula is C21H14BrClN2O3. The molecule has 1 aromatic heterocycles. The predicted octanol–water partition coefficient (Wildman–Crippen LogP) is 6.17. The highest BCUT2D eigenvalue weighted by Crippen LogP contribution is 2.32. The summed E-state index contributed by atoms with van der Waals surface area (Å²) in [6.45, 7) is 0. The average Bonchev–Trinajstić information content (AvgIpc) is 3.12. The lowest BCUT2D eigenvalue weighted by atomic mass is 10.2. The van der Waals surface area contributed by atoms with Crippen molar-refractivity contribution in [1.29, 1.82) is 0 Å². The van der Waals surface area contributed by atoms with Crippen molar-refractivity contribution in [2.24, 2.45) is 0 Å². The molecule has 1 amide bonds. The van der Waals surface area contributed by atoms with Crippen LogP contribution in [-0.2, 0) is 0 Å². The maximum Gasteiger partial charge on any atom is 0.255 e. The van der Waals surface area contributed by atoms with Crippen molar-refractivity contribution in [3.8, 4) is 17.2 Å². The van der Waals surface area contributed by atoms with Gasteiger partial charge < -0.3 is 14.5 Å². The van der Waals surface area contributed by atoms with Gasteiger partial charge in [0.25, 0.3) is 5.91 Å². The van der Waals surface area contributed by atoms with Gasteiger partial charge >= 0.3 is 0 Å². The zero-order valence-electron chi connectivity index (χ0n) is 14.7.